The molecule has 0 aliphatic carbocycles. The lowest BCUT2D eigenvalue weighted by atomic mass is 10.2. The quantitative estimate of drug-likeness (QED) is 0.451. The summed E-state index contributed by atoms with van der Waals surface area (Å²) < 4.78 is 6.79. The Morgan fingerprint density at radius 1 is 1.30 bits per heavy atom. The number of nitrogen functional groups attached to an aromatic ring is 1. The summed E-state index contributed by atoms with van der Waals surface area (Å²) in [5.74, 6) is 5.07. The van der Waals surface area contributed by atoms with Gasteiger partial charge in [-0.1, -0.05) is 12.1 Å². The van der Waals surface area contributed by atoms with E-state index in [1.165, 1.54) is 16.9 Å². The van der Waals surface area contributed by atoms with Crippen molar-refractivity contribution < 1.29 is 9.53 Å². The van der Waals surface area contributed by atoms with Crippen LogP contribution in [0.15, 0.2) is 47.4 Å². The highest BCUT2D eigenvalue weighted by Gasteiger charge is 2.10. The van der Waals surface area contributed by atoms with E-state index in [4.69, 9.17) is 10.6 Å². The lowest BCUT2D eigenvalue weighted by molar-refractivity contribution is 0.0949. The van der Waals surface area contributed by atoms with E-state index in [0.717, 1.165) is 0 Å². The van der Waals surface area contributed by atoms with Crippen LogP contribution in [0, 0.1) is 0 Å². The molecule has 1 aromatic carbocycles. The highest BCUT2D eigenvalue weighted by Crippen LogP contribution is 2.17. The Morgan fingerprint density at radius 3 is 2.85 bits per heavy atom. The zero-order chi connectivity index (χ0) is 14.4. The van der Waals surface area contributed by atoms with Crippen molar-refractivity contribution in [2.75, 3.05) is 6.61 Å². The van der Waals surface area contributed by atoms with Crippen molar-refractivity contribution in [2.45, 2.75) is 6.54 Å². The fraction of sp³-hybridized carbons (Fsp3) is 0.154. The molecular weight excluding hydrogens is 260 g/mol. The van der Waals surface area contributed by atoms with E-state index in [-0.39, 0.29) is 18.7 Å². The number of para-hydroxylation sites is 1. The van der Waals surface area contributed by atoms with Crippen LogP contribution in [-0.4, -0.2) is 22.3 Å². The number of nitrogens with zero attached hydrogens (tertiary/aromatic N) is 2. The average Bonchev–Trinajstić information content (AvgIpc) is 2.49. The number of rotatable bonds is 5. The van der Waals surface area contributed by atoms with Gasteiger partial charge in [-0.15, -0.1) is 0 Å². The first kappa shape index (κ1) is 13.8. The topological polar surface area (TPSA) is 99.2 Å². The van der Waals surface area contributed by atoms with Gasteiger partial charge < -0.3 is 4.74 Å². The van der Waals surface area contributed by atoms with E-state index >= 15 is 0 Å². The molecule has 0 atom stereocenters. The molecule has 0 aliphatic rings. The minimum atomic E-state index is -0.435. The summed E-state index contributed by atoms with van der Waals surface area (Å²) in [6, 6.07) is 9.70. The number of hydrazine groups is 1. The number of nitrogens with one attached hydrogen (secondary N) is 1. The molecule has 0 radical (unpaired) electrons. The van der Waals surface area contributed by atoms with Gasteiger partial charge in [0, 0.05) is 12.3 Å². The van der Waals surface area contributed by atoms with Crippen LogP contribution < -0.4 is 21.6 Å². The van der Waals surface area contributed by atoms with Crippen molar-refractivity contribution in [1.82, 2.24) is 15.2 Å². The highest BCUT2D eigenvalue weighted by molar-refractivity contribution is 5.96. The number of hydrogen-bond donors (Lipinski definition) is 2. The van der Waals surface area contributed by atoms with Crippen LogP contribution in [0.4, 0.5) is 0 Å². The van der Waals surface area contributed by atoms with Crippen LogP contribution >= 0.6 is 0 Å². The van der Waals surface area contributed by atoms with Gasteiger partial charge in [0.1, 0.15) is 12.4 Å². The molecule has 0 saturated heterocycles. The van der Waals surface area contributed by atoms with E-state index < -0.39 is 5.91 Å². The lowest BCUT2D eigenvalue weighted by Gasteiger charge is -2.10. The van der Waals surface area contributed by atoms with Crippen molar-refractivity contribution in [3.63, 3.8) is 0 Å². The van der Waals surface area contributed by atoms with Crippen LogP contribution in [0.1, 0.15) is 10.4 Å². The largest absolute Gasteiger partial charge is 0.491 e. The van der Waals surface area contributed by atoms with Crippen LogP contribution in [0.3, 0.4) is 0 Å². The number of amides is 1. The molecule has 0 saturated carbocycles. The molecule has 2 aromatic rings. The second-order valence-electron chi connectivity index (χ2n) is 3.90. The Morgan fingerprint density at radius 2 is 2.10 bits per heavy atom. The zero-order valence-electron chi connectivity index (χ0n) is 10.7. The molecule has 7 heteroatoms. The molecule has 1 aromatic heterocycles. The molecule has 2 rings (SSSR count). The molecule has 104 valence electrons. The second kappa shape index (κ2) is 6.48. The standard InChI is InChI=1S/C13H14N4O3/c14-16-13(19)10-4-1-2-5-11(10)20-9-8-17-12(18)6-3-7-15-17/h1-7H,8-9,14H2,(H,16,19). The monoisotopic (exact) mass is 274 g/mol. The predicted molar refractivity (Wildman–Crippen MR) is 72.1 cm³/mol. The Labute approximate surface area is 114 Å². The molecule has 0 spiro atoms. The molecule has 20 heavy (non-hydrogen) atoms. The molecule has 0 fully saturated rings. The maximum absolute atomic E-state index is 11.5. The van der Waals surface area contributed by atoms with Crippen LogP contribution in [0.5, 0.6) is 5.75 Å². The minimum Gasteiger partial charge on any atom is -0.491 e. The van der Waals surface area contributed by atoms with Gasteiger partial charge >= 0.3 is 0 Å². The van der Waals surface area contributed by atoms with Crippen molar-refractivity contribution in [3.8, 4) is 5.75 Å². The van der Waals surface area contributed by atoms with E-state index in [1.807, 2.05) is 0 Å². The van der Waals surface area contributed by atoms with E-state index in [9.17, 15) is 9.59 Å². The summed E-state index contributed by atoms with van der Waals surface area (Å²) >= 11 is 0. The highest BCUT2D eigenvalue weighted by atomic mass is 16.5. The van der Waals surface area contributed by atoms with Crippen LogP contribution in [0.2, 0.25) is 0 Å². The first-order chi connectivity index (χ1) is 9.72. The number of carbonyl (C=O) groups is 1. The molecule has 0 aliphatic heterocycles. The summed E-state index contributed by atoms with van der Waals surface area (Å²) in [5, 5.41) is 3.91. The molecule has 1 amide bonds. The number of nitrogens with two attached hydrogens (primary N) is 1. The lowest BCUT2D eigenvalue weighted by Crippen LogP contribution is -2.30. The van der Waals surface area contributed by atoms with Crippen molar-refractivity contribution >= 4 is 5.91 Å². The first-order valence-electron chi connectivity index (χ1n) is 5.97. The molecule has 7 nitrogen and oxygen atoms in total. The van der Waals surface area contributed by atoms with Gasteiger partial charge in [-0.3, -0.25) is 15.0 Å². The fourth-order valence-electron chi connectivity index (χ4n) is 1.66. The number of benzene rings is 1. The van der Waals surface area contributed by atoms with Gasteiger partial charge in [0.15, 0.2) is 0 Å². The van der Waals surface area contributed by atoms with Gasteiger partial charge in [0.2, 0.25) is 0 Å². The molecular formula is C13H14N4O3. The maximum Gasteiger partial charge on any atom is 0.268 e. The first-order valence-corrected chi connectivity index (χ1v) is 5.97. The Balaban J connectivity index is 2.03. The summed E-state index contributed by atoms with van der Waals surface area (Å²) in [6.07, 6.45) is 1.53. The van der Waals surface area contributed by atoms with Crippen LogP contribution in [-0.2, 0) is 6.54 Å². The summed E-state index contributed by atoms with van der Waals surface area (Å²) in [5.41, 5.74) is 2.18. The summed E-state index contributed by atoms with van der Waals surface area (Å²) in [6.45, 7) is 0.504. The van der Waals surface area contributed by atoms with Gasteiger partial charge in [-0.05, 0) is 18.2 Å². The molecule has 0 bridgehead atoms. The minimum absolute atomic E-state index is 0.205. The third-order valence-corrected chi connectivity index (χ3v) is 2.61. The van der Waals surface area contributed by atoms with E-state index in [0.29, 0.717) is 11.3 Å². The third-order valence-electron chi connectivity index (χ3n) is 2.61. The molecule has 0 unspecified atom stereocenters. The number of carbonyl (C=O) groups excluding carboxylic acids is 1. The smallest absolute Gasteiger partial charge is 0.268 e. The van der Waals surface area contributed by atoms with Crippen molar-refractivity contribution in [3.05, 3.63) is 58.5 Å². The Hall–Kier alpha value is -2.67. The normalized spacial score (nSPS) is 10.1. The van der Waals surface area contributed by atoms with Crippen LogP contribution in [0.25, 0.3) is 0 Å². The van der Waals surface area contributed by atoms with E-state index in [1.54, 1.807) is 30.3 Å². The SMILES string of the molecule is NNC(=O)c1ccccc1OCCn1ncccc1=O. The van der Waals surface area contributed by atoms with Gasteiger partial charge in [0.05, 0.1) is 12.1 Å². The Kier molecular flexibility index (Phi) is 4.46. The van der Waals surface area contributed by atoms with Gasteiger partial charge in [-0.2, -0.15) is 5.10 Å². The van der Waals surface area contributed by atoms with Gasteiger partial charge in [0.25, 0.3) is 11.5 Å². The number of aromatic nitrogens is 2. The maximum atomic E-state index is 11.5. The molecule has 1 heterocycles. The van der Waals surface area contributed by atoms with E-state index in [2.05, 4.69) is 10.5 Å². The van der Waals surface area contributed by atoms with Gasteiger partial charge in [-0.25, -0.2) is 10.5 Å². The van der Waals surface area contributed by atoms with Crippen molar-refractivity contribution in [1.29, 1.82) is 0 Å². The zero-order valence-corrected chi connectivity index (χ0v) is 10.7. The summed E-state index contributed by atoms with van der Waals surface area (Å²) in [7, 11) is 0. The average molecular weight is 274 g/mol. The molecule has 3 N–H and O–H groups in total. The number of hydrogen-bond acceptors (Lipinski definition) is 5. The summed E-state index contributed by atoms with van der Waals surface area (Å²) in [4.78, 5) is 23.0. The number of ether oxygens (including phenoxy) is 1. The van der Waals surface area contributed by atoms with Crippen molar-refractivity contribution in [2.24, 2.45) is 5.84 Å². The fourth-order valence-corrected chi connectivity index (χ4v) is 1.66. The second-order valence-corrected chi connectivity index (χ2v) is 3.90. The third kappa shape index (κ3) is 3.21. The predicted octanol–water partition coefficient (Wildman–Crippen LogP) is -0.0742. The Bertz CT molecular complexity index is 654.